The van der Waals surface area contributed by atoms with Gasteiger partial charge in [0.05, 0.1) is 12.1 Å². The minimum atomic E-state index is -4.42. The molecule has 8 nitrogen and oxygen atoms in total. The molecular formula is C17H25F3N6O2. The number of carbonyl (C=O) groups excluding carboxylic acids is 1. The first-order valence-electron chi connectivity index (χ1n) is 9.05. The Balaban J connectivity index is 1.78. The van der Waals surface area contributed by atoms with Crippen LogP contribution in [0.15, 0.2) is 23.3 Å². The zero-order valence-corrected chi connectivity index (χ0v) is 15.6. The van der Waals surface area contributed by atoms with Crippen molar-refractivity contribution < 1.29 is 22.7 Å². The number of likely N-dealkylation sites (tertiary alicyclic amines) is 1. The van der Waals surface area contributed by atoms with Gasteiger partial charge in [0.1, 0.15) is 6.61 Å². The Labute approximate surface area is 161 Å². The maximum atomic E-state index is 12.5. The van der Waals surface area contributed by atoms with Gasteiger partial charge in [-0.05, 0) is 25.8 Å². The number of nitrogens with one attached hydrogen (secondary N) is 2. The summed E-state index contributed by atoms with van der Waals surface area (Å²) < 4.78 is 42.8. The van der Waals surface area contributed by atoms with Gasteiger partial charge in [-0.1, -0.05) is 0 Å². The van der Waals surface area contributed by atoms with Gasteiger partial charge < -0.3 is 26.0 Å². The standard InChI is InChI=1S/C17H25F3N6O2/c1-2-22-16(25-13-5-8-26(9-6-13)15(21)27)23-7-10-28-14-4-3-12(11-24-14)17(18,19)20/h3-4,11,13H,2,5-10H2,1H3,(H2,21,27)(H2,22,23,25). The van der Waals surface area contributed by atoms with Crippen LogP contribution in [0.2, 0.25) is 0 Å². The molecule has 0 saturated carbocycles. The average molecular weight is 402 g/mol. The van der Waals surface area contributed by atoms with Gasteiger partial charge in [-0.2, -0.15) is 13.2 Å². The van der Waals surface area contributed by atoms with E-state index < -0.39 is 17.8 Å². The third-order valence-corrected chi connectivity index (χ3v) is 4.17. The summed E-state index contributed by atoms with van der Waals surface area (Å²) in [5, 5.41) is 6.43. The van der Waals surface area contributed by atoms with Gasteiger partial charge >= 0.3 is 12.2 Å². The molecular weight excluding hydrogens is 377 g/mol. The number of ether oxygens (including phenoxy) is 1. The second kappa shape index (κ2) is 10.00. The van der Waals surface area contributed by atoms with Crippen molar-refractivity contribution in [3.8, 4) is 5.88 Å². The lowest BCUT2D eigenvalue weighted by Crippen LogP contribution is -2.50. The molecule has 1 aliphatic heterocycles. The van der Waals surface area contributed by atoms with Crippen molar-refractivity contribution in [1.29, 1.82) is 0 Å². The number of guanidine groups is 1. The van der Waals surface area contributed by atoms with Crippen LogP contribution < -0.4 is 21.1 Å². The van der Waals surface area contributed by atoms with Gasteiger partial charge in [-0.15, -0.1) is 0 Å². The fourth-order valence-electron chi connectivity index (χ4n) is 2.70. The summed E-state index contributed by atoms with van der Waals surface area (Å²) >= 11 is 0. The first kappa shape index (κ1) is 21.6. The highest BCUT2D eigenvalue weighted by molar-refractivity contribution is 5.80. The van der Waals surface area contributed by atoms with Crippen molar-refractivity contribution >= 4 is 12.0 Å². The molecule has 0 aromatic carbocycles. The van der Waals surface area contributed by atoms with Crippen LogP contribution in [0.1, 0.15) is 25.3 Å². The molecule has 0 atom stereocenters. The van der Waals surface area contributed by atoms with Gasteiger partial charge in [0, 0.05) is 37.9 Å². The van der Waals surface area contributed by atoms with E-state index in [9.17, 15) is 18.0 Å². The first-order chi connectivity index (χ1) is 13.3. The molecule has 0 unspecified atom stereocenters. The second-order valence-electron chi connectivity index (χ2n) is 6.24. The maximum absolute atomic E-state index is 12.5. The third kappa shape index (κ3) is 6.78. The number of aliphatic imine (C=N–C) groups is 1. The lowest BCUT2D eigenvalue weighted by molar-refractivity contribution is -0.137. The summed E-state index contributed by atoms with van der Waals surface area (Å²) in [6.07, 6.45) is -2.16. The van der Waals surface area contributed by atoms with Crippen LogP contribution in [0.25, 0.3) is 0 Å². The molecule has 0 aliphatic carbocycles. The van der Waals surface area contributed by atoms with Gasteiger partial charge in [-0.25, -0.2) is 14.8 Å². The smallest absolute Gasteiger partial charge is 0.417 e. The van der Waals surface area contributed by atoms with Crippen molar-refractivity contribution in [1.82, 2.24) is 20.5 Å². The predicted octanol–water partition coefficient (Wildman–Crippen LogP) is 1.58. The number of nitrogens with zero attached hydrogens (tertiary/aromatic N) is 3. The highest BCUT2D eigenvalue weighted by Gasteiger charge is 2.30. The fourth-order valence-corrected chi connectivity index (χ4v) is 2.70. The lowest BCUT2D eigenvalue weighted by Gasteiger charge is -2.32. The average Bonchev–Trinajstić information content (AvgIpc) is 2.65. The number of hydrogen-bond donors (Lipinski definition) is 3. The van der Waals surface area contributed by atoms with Crippen LogP contribution in [0.4, 0.5) is 18.0 Å². The minimum Gasteiger partial charge on any atom is -0.476 e. The monoisotopic (exact) mass is 402 g/mol. The molecule has 1 aromatic rings. The van der Waals surface area contributed by atoms with E-state index in [-0.39, 0.29) is 18.5 Å². The number of rotatable bonds is 6. The van der Waals surface area contributed by atoms with Gasteiger partial charge in [0.2, 0.25) is 5.88 Å². The van der Waals surface area contributed by atoms with Gasteiger partial charge in [-0.3, -0.25) is 0 Å². The molecule has 1 aromatic heterocycles. The van der Waals surface area contributed by atoms with E-state index in [1.807, 2.05) is 6.92 Å². The number of urea groups is 1. The molecule has 0 radical (unpaired) electrons. The van der Waals surface area contributed by atoms with Gasteiger partial charge in [0.15, 0.2) is 5.96 Å². The van der Waals surface area contributed by atoms with Crippen molar-refractivity contribution in [2.24, 2.45) is 10.7 Å². The zero-order chi connectivity index (χ0) is 20.6. The number of piperidine rings is 1. The zero-order valence-electron chi connectivity index (χ0n) is 15.6. The highest BCUT2D eigenvalue weighted by Crippen LogP contribution is 2.29. The van der Waals surface area contributed by atoms with Crippen molar-refractivity contribution in [2.45, 2.75) is 32.0 Å². The Kier molecular flexibility index (Phi) is 7.70. The number of halogens is 3. The largest absolute Gasteiger partial charge is 0.476 e. The van der Waals surface area contributed by atoms with Crippen LogP contribution in [-0.2, 0) is 6.18 Å². The number of aromatic nitrogens is 1. The van der Waals surface area contributed by atoms with Gasteiger partial charge in [0.25, 0.3) is 0 Å². The van der Waals surface area contributed by atoms with E-state index in [4.69, 9.17) is 10.5 Å². The summed E-state index contributed by atoms with van der Waals surface area (Å²) in [6.45, 7) is 4.28. The first-order valence-corrected chi connectivity index (χ1v) is 9.05. The van der Waals surface area contributed by atoms with Crippen molar-refractivity contribution in [3.63, 3.8) is 0 Å². The highest BCUT2D eigenvalue weighted by atomic mass is 19.4. The molecule has 1 saturated heterocycles. The lowest BCUT2D eigenvalue weighted by atomic mass is 10.1. The Bertz CT molecular complexity index is 658. The van der Waals surface area contributed by atoms with Crippen LogP contribution >= 0.6 is 0 Å². The Morgan fingerprint density at radius 3 is 2.64 bits per heavy atom. The number of primary amides is 1. The van der Waals surface area contributed by atoms with E-state index >= 15 is 0 Å². The summed E-state index contributed by atoms with van der Waals surface area (Å²) in [5.41, 5.74) is 4.46. The summed E-state index contributed by atoms with van der Waals surface area (Å²) in [7, 11) is 0. The van der Waals surface area contributed by atoms with E-state index in [2.05, 4.69) is 20.6 Å². The molecule has 11 heteroatoms. The number of nitrogens with two attached hydrogens (primary N) is 1. The van der Waals surface area contributed by atoms with E-state index in [0.717, 1.165) is 25.1 Å². The molecule has 4 N–H and O–H groups in total. The molecule has 1 aliphatic rings. The van der Waals surface area contributed by atoms with Crippen LogP contribution in [0.3, 0.4) is 0 Å². The van der Waals surface area contributed by atoms with Crippen molar-refractivity contribution in [3.05, 3.63) is 23.9 Å². The second-order valence-corrected chi connectivity index (χ2v) is 6.24. The SMILES string of the molecule is CCNC(=NCCOc1ccc(C(F)(F)F)cn1)NC1CCN(C(N)=O)CC1. The molecule has 1 fully saturated rings. The number of carbonyl (C=O) groups is 1. The molecule has 28 heavy (non-hydrogen) atoms. The molecule has 2 rings (SSSR count). The predicted molar refractivity (Wildman–Crippen MR) is 98.0 cm³/mol. The topological polar surface area (TPSA) is 105 Å². The van der Waals surface area contributed by atoms with Crippen LogP contribution in [-0.4, -0.2) is 60.7 Å². The Morgan fingerprint density at radius 2 is 2.11 bits per heavy atom. The Morgan fingerprint density at radius 1 is 1.39 bits per heavy atom. The molecule has 0 spiro atoms. The van der Waals surface area contributed by atoms with E-state index in [1.165, 1.54) is 6.07 Å². The van der Waals surface area contributed by atoms with Crippen LogP contribution in [0.5, 0.6) is 5.88 Å². The number of pyridine rings is 1. The third-order valence-electron chi connectivity index (χ3n) is 4.17. The minimum absolute atomic E-state index is 0.111. The van der Waals surface area contributed by atoms with E-state index in [1.54, 1.807) is 4.90 Å². The molecule has 156 valence electrons. The summed E-state index contributed by atoms with van der Waals surface area (Å²) in [4.78, 5) is 20.8. The normalized spacial score (nSPS) is 16.0. The number of hydrogen-bond acceptors (Lipinski definition) is 4. The maximum Gasteiger partial charge on any atom is 0.417 e. The number of alkyl halides is 3. The number of amides is 2. The quantitative estimate of drug-likeness (QED) is 0.381. The Hall–Kier alpha value is -2.72. The summed E-state index contributed by atoms with van der Waals surface area (Å²) in [5.74, 6) is 0.726. The van der Waals surface area contributed by atoms with Crippen LogP contribution in [0, 0.1) is 0 Å². The summed E-state index contributed by atoms with van der Waals surface area (Å²) in [6, 6.07) is 1.87. The fraction of sp³-hybridized carbons (Fsp3) is 0.588. The van der Waals surface area contributed by atoms with E-state index in [0.29, 0.717) is 32.1 Å². The van der Waals surface area contributed by atoms with Crippen molar-refractivity contribution in [2.75, 3.05) is 32.8 Å². The molecule has 2 heterocycles. The molecule has 0 bridgehead atoms. The molecule has 2 amide bonds.